The number of hydrogen-bond acceptors (Lipinski definition) is 2. The number of hydrogen-bond donors (Lipinski definition) is 1. The van der Waals surface area contributed by atoms with Gasteiger partial charge in [0.2, 0.25) is 0 Å². The summed E-state index contributed by atoms with van der Waals surface area (Å²) in [6, 6.07) is 13.4. The fourth-order valence-electron chi connectivity index (χ4n) is 3.93. The highest BCUT2D eigenvalue weighted by Crippen LogP contribution is 2.39. The quantitative estimate of drug-likeness (QED) is 0.852. The maximum absolute atomic E-state index is 13.4. The predicted molar refractivity (Wildman–Crippen MR) is 91.2 cm³/mol. The van der Waals surface area contributed by atoms with E-state index in [-0.39, 0.29) is 18.3 Å². The van der Waals surface area contributed by atoms with Gasteiger partial charge in [0.05, 0.1) is 6.54 Å². The number of aryl methyl sites for hydroxylation is 1. The van der Waals surface area contributed by atoms with Gasteiger partial charge < -0.3 is 5.32 Å². The molecule has 4 nitrogen and oxygen atoms in total. The Bertz CT molecular complexity index is 851. The average molecular weight is 338 g/mol. The third kappa shape index (κ3) is 2.60. The Morgan fingerprint density at radius 2 is 1.92 bits per heavy atom. The molecule has 2 aliphatic rings. The van der Waals surface area contributed by atoms with Crippen molar-refractivity contribution >= 4 is 11.9 Å². The number of fused-ring (bicyclic) bond motifs is 2. The van der Waals surface area contributed by atoms with Crippen LogP contribution in [0.4, 0.5) is 9.18 Å². The first kappa shape index (κ1) is 15.8. The van der Waals surface area contributed by atoms with Crippen molar-refractivity contribution in [1.29, 1.82) is 0 Å². The molecule has 1 atom stereocenters. The zero-order valence-corrected chi connectivity index (χ0v) is 13.8. The number of nitrogens with zero attached hydrogens (tertiary/aromatic N) is 1. The molecule has 1 spiro atoms. The molecule has 0 bridgehead atoms. The SMILES string of the molecule is O=C1N[C@]2(CCCCc3ccccc32)C(=O)N1Cc1cccc(F)c1. The Balaban J connectivity index is 1.71. The molecule has 1 aliphatic heterocycles. The third-order valence-electron chi connectivity index (χ3n) is 5.13. The summed E-state index contributed by atoms with van der Waals surface area (Å²) < 4.78 is 13.4. The molecular formula is C20H19FN2O2. The van der Waals surface area contributed by atoms with Crippen LogP contribution < -0.4 is 5.32 Å². The normalized spacial score (nSPS) is 22.7. The number of amides is 3. The van der Waals surface area contributed by atoms with Crippen molar-refractivity contribution in [3.63, 3.8) is 0 Å². The summed E-state index contributed by atoms with van der Waals surface area (Å²) >= 11 is 0. The van der Waals surface area contributed by atoms with Crippen molar-refractivity contribution in [1.82, 2.24) is 10.2 Å². The number of carbonyl (C=O) groups is 2. The Hall–Kier alpha value is -2.69. The molecule has 0 radical (unpaired) electrons. The van der Waals surface area contributed by atoms with E-state index in [2.05, 4.69) is 5.32 Å². The van der Waals surface area contributed by atoms with E-state index >= 15 is 0 Å². The highest BCUT2D eigenvalue weighted by Gasteiger charge is 2.53. The lowest BCUT2D eigenvalue weighted by Crippen LogP contribution is -2.44. The molecular weight excluding hydrogens is 319 g/mol. The summed E-state index contributed by atoms with van der Waals surface area (Å²) in [4.78, 5) is 27.0. The molecule has 0 saturated carbocycles. The van der Waals surface area contributed by atoms with E-state index in [1.54, 1.807) is 12.1 Å². The van der Waals surface area contributed by atoms with E-state index in [1.807, 2.05) is 24.3 Å². The Morgan fingerprint density at radius 1 is 1.08 bits per heavy atom. The zero-order chi connectivity index (χ0) is 17.4. The first-order valence-corrected chi connectivity index (χ1v) is 8.57. The molecule has 3 amide bonds. The summed E-state index contributed by atoms with van der Waals surface area (Å²) in [6.45, 7) is 0.0757. The highest BCUT2D eigenvalue weighted by molar-refractivity contribution is 6.07. The zero-order valence-electron chi connectivity index (χ0n) is 13.8. The van der Waals surface area contributed by atoms with Gasteiger partial charge in [-0.15, -0.1) is 0 Å². The van der Waals surface area contributed by atoms with Gasteiger partial charge in [-0.05, 0) is 54.5 Å². The molecule has 0 unspecified atom stereocenters. The Labute approximate surface area is 145 Å². The number of rotatable bonds is 2. The summed E-state index contributed by atoms with van der Waals surface area (Å²) in [5.74, 6) is -0.616. The molecule has 2 aromatic rings. The minimum atomic E-state index is -0.989. The molecule has 0 aromatic heterocycles. The third-order valence-corrected chi connectivity index (χ3v) is 5.13. The highest BCUT2D eigenvalue weighted by atomic mass is 19.1. The molecule has 2 aromatic carbocycles. The first-order valence-electron chi connectivity index (χ1n) is 8.57. The number of benzene rings is 2. The fourth-order valence-corrected chi connectivity index (χ4v) is 3.93. The largest absolute Gasteiger partial charge is 0.325 e. The number of halogens is 1. The minimum absolute atomic E-state index is 0.0757. The molecule has 128 valence electrons. The monoisotopic (exact) mass is 338 g/mol. The van der Waals surface area contributed by atoms with E-state index in [0.29, 0.717) is 12.0 Å². The minimum Gasteiger partial charge on any atom is -0.319 e. The van der Waals surface area contributed by atoms with E-state index < -0.39 is 11.6 Å². The summed E-state index contributed by atoms with van der Waals surface area (Å²) in [6.07, 6.45) is 3.36. The van der Waals surface area contributed by atoms with Crippen LogP contribution >= 0.6 is 0 Å². The molecule has 1 fully saturated rings. The molecule has 1 heterocycles. The lowest BCUT2D eigenvalue weighted by atomic mass is 9.84. The number of urea groups is 1. The molecule has 5 heteroatoms. The van der Waals surface area contributed by atoms with Gasteiger partial charge in [-0.25, -0.2) is 9.18 Å². The standard InChI is InChI=1S/C20H19FN2O2/c21-16-9-5-6-14(12-16)13-23-18(24)20(22-19(23)25)11-4-3-8-15-7-1-2-10-17(15)20/h1-2,5-7,9-10,12H,3-4,8,11,13H2,(H,22,25)/t20-/m0/s1. The van der Waals surface area contributed by atoms with Crippen LogP contribution in [0.1, 0.15) is 36.0 Å². The van der Waals surface area contributed by atoms with Gasteiger partial charge in [-0.3, -0.25) is 9.69 Å². The average Bonchev–Trinajstić information content (AvgIpc) is 2.75. The van der Waals surface area contributed by atoms with Crippen LogP contribution in [0.25, 0.3) is 0 Å². The number of imide groups is 1. The second kappa shape index (κ2) is 5.99. The second-order valence-electron chi connectivity index (χ2n) is 6.72. The maximum atomic E-state index is 13.4. The van der Waals surface area contributed by atoms with Crippen LogP contribution in [-0.4, -0.2) is 16.8 Å². The summed E-state index contributed by atoms with van der Waals surface area (Å²) in [5.41, 5.74) is 1.62. The summed E-state index contributed by atoms with van der Waals surface area (Å²) in [7, 11) is 0. The smallest absolute Gasteiger partial charge is 0.319 e. The van der Waals surface area contributed by atoms with Gasteiger partial charge in [0.1, 0.15) is 11.4 Å². The molecule has 1 N–H and O–H groups in total. The van der Waals surface area contributed by atoms with Crippen molar-refractivity contribution in [3.05, 3.63) is 71.0 Å². The second-order valence-corrected chi connectivity index (χ2v) is 6.72. The van der Waals surface area contributed by atoms with Gasteiger partial charge in [0.15, 0.2) is 0 Å². The van der Waals surface area contributed by atoms with E-state index in [4.69, 9.17) is 0 Å². The molecule has 25 heavy (non-hydrogen) atoms. The fraction of sp³-hybridized carbons (Fsp3) is 0.300. The van der Waals surface area contributed by atoms with Gasteiger partial charge in [-0.2, -0.15) is 0 Å². The van der Waals surface area contributed by atoms with E-state index in [9.17, 15) is 14.0 Å². The van der Waals surface area contributed by atoms with E-state index in [0.717, 1.165) is 30.4 Å². The first-order chi connectivity index (χ1) is 12.1. The molecule has 1 aliphatic carbocycles. The van der Waals surface area contributed by atoms with Gasteiger partial charge in [0, 0.05) is 0 Å². The van der Waals surface area contributed by atoms with Crippen molar-refractivity contribution in [2.45, 2.75) is 37.8 Å². The van der Waals surface area contributed by atoms with E-state index in [1.165, 1.54) is 17.0 Å². The number of nitrogens with one attached hydrogen (secondary N) is 1. The van der Waals surface area contributed by atoms with Crippen LogP contribution in [0, 0.1) is 5.82 Å². The molecule has 4 rings (SSSR count). The topological polar surface area (TPSA) is 49.4 Å². The van der Waals surface area contributed by atoms with Crippen LogP contribution in [0.5, 0.6) is 0 Å². The predicted octanol–water partition coefficient (Wildman–Crippen LogP) is 3.50. The van der Waals surface area contributed by atoms with Crippen molar-refractivity contribution in [2.75, 3.05) is 0 Å². The molecule has 1 saturated heterocycles. The Morgan fingerprint density at radius 3 is 2.76 bits per heavy atom. The van der Waals surface area contributed by atoms with Crippen LogP contribution in [0.2, 0.25) is 0 Å². The van der Waals surface area contributed by atoms with Crippen molar-refractivity contribution in [2.24, 2.45) is 0 Å². The van der Waals surface area contributed by atoms with Gasteiger partial charge in [-0.1, -0.05) is 36.4 Å². The maximum Gasteiger partial charge on any atom is 0.325 e. The van der Waals surface area contributed by atoms with Crippen LogP contribution in [0.15, 0.2) is 48.5 Å². The number of carbonyl (C=O) groups excluding carboxylic acids is 2. The lowest BCUT2D eigenvalue weighted by Gasteiger charge is -2.27. The summed E-state index contributed by atoms with van der Waals surface area (Å²) in [5, 5.41) is 2.94. The van der Waals surface area contributed by atoms with Gasteiger partial charge in [0.25, 0.3) is 5.91 Å². The van der Waals surface area contributed by atoms with Crippen LogP contribution in [0.3, 0.4) is 0 Å². The Kier molecular flexibility index (Phi) is 3.79. The van der Waals surface area contributed by atoms with Gasteiger partial charge >= 0.3 is 6.03 Å². The van der Waals surface area contributed by atoms with Crippen LogP contribution in [-0.2, 0) is 23.3 Å². The lowest BCUT2D eigenvalue weighted by molar-refractivity contribution is -0.132. The van der Waals surface area contributed by atoms with Crippen molar-refractivity contribution < 1.29 is 14.0 Å². The van der Waals surface area contributed by atoms with Crippen molar-refractivity contribution in [3.8, 4) is 0 Å².